The molecule has 1 rings (SSSR count). The van der Waals surface area contributed by atoms with Crippen LogP contribution in [0.2, 0.25) is 0 Å². The molecule has 3 nitrogen and oxygen atoms in total. The lowest BCUT2D eigenvalue weighted by Crippen LogP contribution is -2.58. The zero-order valence-corrected chi connectivity index (χ0v) is 16.1. The summed E-state index contributed by atoms with van der Waals surface area (Å²) in [5.41, 5.74) is 0. The van der Waals surface area contributed by atoms with Crippen molar-refractivity contribution in [2.24, 2.45) is 0 Å². The van der Waals surface area contributed by atoms with Crippen molar-refractivity contribution in [3.8, 4) is 0 Å². The van der Waals surface area contributed by atoms with Crippen molar-refractivity contribution >= 4 is 59.2 Å². The highest BCUT2D eigenvalue weighted by atomic mass is 127. The Labute approximate surface area is 137 Å². The van der Waals surface area contributed by atoms with Gasteiger partial charge in [0.05, 0.1) is 0 Å². The molecule has 0 bridgehead atoms. The first-order valence-corrected chi connectivity index (χ1v) is 9.85. The fourth-order valence-electron chi connectivity index (χ4n) is 1.67. The maximum absolute atomic E-state index is 5.90. The van der Waals surface area contributed by atoms with Gasteiger partial charge in [-0.25, -0.2) is 0 Å². The van der Waals surface area contributed by atoms with Gasteiger partial charge in [0.25, 0.3) is 0 Å². The van der Waals surface area contributed by atoms with E-state index in [4.69, 9.17) is 13.3 Å². The van der Waals surface area contributed by atoms with E-state index in [9.17, 15) is 0 Å². The van der Waals surface area contributed by atoms with Gasteiger partial charge in [0.2, 0.25) is 0 Å². The van der Waals surface area contributed by atoms with E-state index < -0.39 is 8.80 Å². The number of hydrogen-bond donors (Lipinski definition) is 0. The SMILES string of the molecule is CCO[Si](OCC)(OCC)c1ccc(I)cc1I. The first kappa shape index (κ1) is 16.8. The standard InChI is InChI=1S/C12H18I2O3Si/c1-4-15-18(16-5-2,17-6-3)12-8-7-10(13)9-11(12)14/h7-9H,4-6H2,1-3H3. The number of rotatable bonds is 7. The van der Waals surface area contributed by atoms with E-state index in [0.717, 1.165) is 8.76 Å². The highest BCUT2D eigenvalue weighted by Gasteiger charge is 2.44. The first-order chi connectivity index (χ1) is 8.59. The predicted molar refractivity (Wildman–Crippen MR) is 92.1 cm³/mol. The van der Waals surface area contributed by atoms with E-state index in [1.807, 2.05) is 20.8 Å². The summed E-state index contributed by atoms with van der Waals surface area (Å²) < 4.78 is 20.1. The molecule has 1 aromatic carbocycles. The average molecular weight is 492 g/mol. The van der Waals surface area contributed by atoms with Crippen LogP contribution >= 0.6 is 45.2 Å². The van der Waals surface area contributed by atoms with Gasteiger partial charge in [-0.15, -0.1) is 0 Å². The molecule has 0 amide bonds. The maximum atomic E-state index is 5.90. The van der Waals surface area contributed by atoms with Crippen LogP contribution in [0.15, 0.2) is 18.2 Å². The van der Waals surface area contributed by atoms with Gasteiger partial charge < -0.3 is 13.3 Å². The largest absolute Gasteiger partial charge is 0.538 e. The van der Waals surface area contributed by atoms with Crippen LogP contribution in [0.25, 0.3) is 0 Å². The van der Waals surface area contributed by atoms with Gasteiger partial charge in [-0.1, -0.05) is 6.07 Å². The van der Waals surface area contributed by atoms with Crippen LogP contribution in [-0.4, -0.2) is 28.6 Å². The minimum absolute atomic E-state index is 0.592. The Hall–Kier alpha value is 0.777. The van der Waals surface area contributed by atoms with Crippen LogP contribution in [0, 0.1) is 7.14 Å². The zero-order valence-electron chi connectivity index (χ0n) is 10.8. The summed E-state index contributed by atoms with van der Waals surface area (Å²) in [6.45, 7) is 7.69. The molecular formula is C12H18I2O3Si. The second kappa shape index (κ2) is 8.15. The summed E-state index contributed by atoms with van der Waals surface area (Å²) in [5.74, 6) is 0. The summed E-state index contributed by atoms with van der Waals surface area (Å²) in [6.07, 6.45) is 0. The minimum atomic E-state index is -2.75. The molecule has 0 atom stereocenters. The van der Waals surface area contributed by atoms with E-state index in [0.29, 0.717) is 19.8 Å². The third-order valence-electron chi connectivity index (χ3n) is 2.26. The van der Waals surface area contributed by atoms with Gasteiger partial charge in [0, 0.05) is 32.1 Å². The van der Waals surface area contributed by atoms with E-state index in [1.54, 1.807) is 0 Å². The normalized spacial score (nSPS) is 11.8. The van der Waals surface area contributed by atoms with Crippen molar-refractivity contribution in [3.63, 3.8) is 0 Å². The van der Waals surface area contributed by atoms with Gasteiger partial charge in [-0.3, -0.25) is 0 Å². The van der Waals surface area contributed by atoms with Crippen molar-refractivity contribution in [2.75, 3.05) is 19.8 Å². The molecule has 0 fully saturated rings. The summed E-state index contributed by atoms with van der Waals surface area (Å²) in [6, 6.07) is 6.25. The Balaban J connectivity index is 3.21. The lowest BCUT2D eigenvalue weighted by molar-refractivity contribution is 0.0857. The highest BCUT2D eigenvalue weighted by Crippen LogP contribution is 2.17. The molecule has 18 heavy (non-hydrogen) atoms. The molecule has 0 spiro atoms. The van der Waals surface area contributed by atoms with Crippen LogP contribution in [0.4, 0.5) is 0 Å². The van der Waals surface area contributed by atoms with Gasteiger partial charge in [0.1, 0.15) is 0 Å². The zero-order chi connectivity index (χ0) is 13.6. The quantitative estimate of drug-likeness (QED) is 0.433. The molecule has 6 heteroatoms. The van der Waals surface area contributed by atoms with Gasteiger partial charge in [-0.05, 0) is 78.1 Å². The maximum Gasteiger partial charge on any atom is 0.538 e. The number of hydrogen-bond acceptors (Lipinski definition) is 3. The lowest BCUT2D eigenvalue weighted by Gasteiger charge is -2.29. The summed E-state index contributed by atoms with van der Waals surface area (Å²) in [4.78, 5) is 0. The minimum Gasteiger partial charge on any atom is -0.370 e. The second-order valence-corrected chi connectivity index (χ2v) is 8.40. The van der Waals surface area contributed by atoms with Gasteiger partial charge in [-0.2, -0.15) is 0 Å². The highest BCUT2D eigenvalue weighted by molar-refractivity contribution is 14.1. The van der Waals surface area contributed by atoms with Crippen molar-refractivity contribution in [1.82, 2.24) is 0 Å². The number of halogens is 2. The molecule has 0 aliphatic carbocycles. The van der Waals surface area contributed by atoms with E-state index >= 15 is 0 Å². The molecule has 0 aromatic heterocycles. The van der Waals surface area contributed by atoms with Crippen molar-refractivity contribution in [2.45, 2.75) is 20.8 Å². The van der Waals surface area contributed by atoms with E-state index in [-0.39, 0.29) is 0 Å². The molecular weight excluding hydrogens is 474 g/mol. The van der Waals surface area contributed by atoms with Crippen LogP contribution < -0.4 is 5.19 Å². The topological polar surface area (TPSA) is 27.7 Å². The summed E-state index contributed by atoms with van der Waals surface area (Å²) >= 11 is 4.62. The molecule has 0 saturated heterocycles. The summed E-state index contributed by atoms with van der Waals surface area (Å²) in [7, 11) is -2.75. The van der Waals surface area contributed by atoms with Crippen molar-refractivity contribution < 1.29 is 13.3 Å². The van der Waals surface area contributed by atoms with Gasteiger partial charge >= 0.3 is 8.80 Å². The van der Waals surface area contributed by atoms with Crippen molar-refractivity contribution in [1.29, 1.82) is 0 Å². The smallest absolute Gasteiger partial charge is 0.370 e. The molecule has 0 heterocycles. The molecule has 0 aliphatic heterocycles. The molecule has 0 N–H and O–H groups in total. The molecule has 102 valence electrons. The molecule has 0 aliphatic rings. The van der Waals surface area contributed by atoms with Crippen LogP contribution in [0.1, 0.15) is 20.8 Å². The second-order valence-electron chi connectivity index (χ2n) is 3.48. The Bertz CT molecular complexity index is 371. The molecule has 0 saturated carbocycles. The molecule has 1 aromatic rings. The number of benzene rings is 1. The van der Waals surface area contributed by atoms with Crippen LogP contribution in [-0.2, 0) is 13.3 Å². The average Bonchev–Trinajstić information content (AvgIpc) is 2.29. The van der Waals surface area contributed by atoms with Crippen molar-refractivity contribution in [3.05, 3.63) is 25.3 Å². The first-order valence-electron chi connectivity index (χ1n) is 5.97. The molecule has 0 radical (unpaired) electrons. The van der Waals surface area contributed by atoms with E-state index in [1.165, 1.54) is 3.57 Å². The Morgan fingerprint density at radius 3 is 1.83 bits per heavy atom. The fourth-order valence-corrected chi connectivity index (χ4v) is 6.77. The van der Waals surface area contributed by atoms with Gasteiger partial charge in [0.15, 0.2) is 0 Å². The Kier molecular flexibility index (Phi) is 7.62. The Morgan fingerprint density at radius 2 is 1.44 bits per heavy atom. The predicted octanol–water partition coefficient (Wildman–Crippen LogP) is 3.15. The van der Waals surface area contributed by atoms with Crippen LogP contribution in [0.5, 0.6) is 0 Å². The third kappa shape index (κ3) is 4.14. The monoisotopic (exact) mass is 492 g/mol. The fraction of sp³-hybridized carbons (Fsp3) is 0.500. The summed E-state index contributed by atoms with van der Waals surface area (Å²) in [5, 5.41) is 1.06. The van der Waals surface area contributed by atoms with E-state index in [2.05, 4.69) is 63.4 Å². The van der Waals surface area contributed by atoms with Crippen LogP contribution in [0.3, 0.4) is 0 Å². The molecule has 0 unspecified atom stereocenters. The third-order valence-corrected chi connectivity index (χ3v) is 7.44. The Morgan fingerprint density at radius 1 is 0.944 bits per heavy atom. The lowest BCUT2D eigenvalue weighted by atomic mass is 10.4.